The highest BCUT2D eigenvalue weighted by Crippen LogP contribution is 2.31. The van der Waals surface area contributed by atoms with Crippen molar-refractivity contribution in [2.45, 2.75) is 32.6 Å². The molecule has 0 aliphatic heterocycles. The minimum Gasteiger partial charge on any atom is -0.465 e. The molecule has 0 aliphatic rings. The van der Waals surface area contributed by atoms with Crippen molar-refractivity contribution in [2.75, 3.05) is 17.5 Å². The second-order valence-electron chi connectivity index (χ2n) is 6.02. The summed E-state index contributed by atoms with van der Waals surface area (Å²) in [5.41, 5.74) is 2.85. The van der Waals surface area contributed by atoms with E-state index in [1.54, 1.807) is 20.8 Å². The van der Waals surface area contributed by atoms with Gasteiger partial charge in [-0.1, -0.05) is 17.7 Å². The van der Waals surface area contributed by atoms with Gasteiger partial charge in [0.25, 0.3) is 10.0 Å². The summed E-state index contributed by atoms with van der Waals surface area (Å²) in [7, 11) is -4.08. The maximum atomic E-state index is 13.2. The largest absolute Gasteiger partial charge is 0.465 e. The van der Waals surface area contributed by atoms with E-state index in [1.807, 2.05) is 19.1 Å². The molecule has 2 aromatic rings. The zero-order valence-corrected chi connectivity index (χ0v) is 16.1. The van der Waals surface area contributed by atoms with Gasteiger partial charge in [0.2, 0.25) is 0 Å². The van der Waals surface area contributed by atoms with Gasteiger partial charge in [-0.15, -0.1) is 0 Å². The molecule has 0 atom stereocenters. The lowest BCUT2D eigenvalue weighted by atomic mass is 10.1. The van der Waals surface area contributed by atoms with Crippen LogP contribution in [-0.4, -0.2) is 27.5 Å². The topological polar surface area (TPSA) is 63.7 Å². The summed E-state index contributed by atoms with van der Waals surface area (Å²) in [5.74, 6) is -1.19. The predicted molar refractivity (Wildman–Crippen MR) is 98.2 cm³/mol. The van der Waals surface area contributed by atoms with E-state index in [0.29, 0.717) is 5.69 Å². The third kappa shape index (κ3) is 4.22. The highest BCUT2D eigenvalue weighted by Gasteiger charge is 2.30. The summed E-state index contributed by atoms with van der Waals surface area (Å²) in [6.45, 7) is 6.82. The molecule has 0 bridgehead atoms. The second kappa shape index (κ2) is 7.86. The van der Waals surface area contributed by atoms with Crippen LogP contribution in [0.5, 0.6) is 0 Å². The first-order chi connectivity index (χ1) is 12.2. The van der Waals surface area contributed by atoms with Crippen LogP contribution in [0.3, 0.4) is 0 Å². The molecular formula is C19H22FNO4S. The number of benzene rings is 2. The number of halogens is 1. The van der Waals surface area contributed by atoms with Crippen molar-refractivity contribution < 1.29 is 22.3 Å². The smallest absolute Gasteiger partial charge is 0.326 e. The van der Waals surface area contributed by atoms with Gasteiger partial charge in [0.1, 0.15) is 12.4 Å². The van der Waals surface area contributed by atoms with Crippen molar-refractivity contribution in [3.63, 3.8) is 0 Å². The number of hydrogen-bond donors (Lipinski definition) is 0. The standard InChI is InChI=1S/C19H22FNO4S/c1-5-25-18(22)12-21(19-14(3)10-13(2)11-15(19)4)26(23,24)17-8-6-16(20)7-9-17/h6-11H,5,12H2,1-4H3. The van der Waals surface area contributed by atoms with Crippen molar-refractivity contribution in [1.29, 1.82) is 0 Å². The van der Waals surface area contributed by atoms with Crippen LogP contribution in [-0.2, 0) is 19.6 Å². The number of ether oxygens (including phenoxy) is 1. The third-order valence-corrected chi connectivity index (χ3v) is 5.62. The van der Waals surface area contributed by atoms with E-state index in [9.17, 15) is 17.6 Å². The van der Waals surface area contributed by atoms with Crippen molar-refractivity contribution in [1.82, 2.24) is 0 Å². The van der Waals surface area contributed by atoms with E-state index >= 15 is 0 Å². The van der Waals surface area contributed by atoms with Gasteiger partial charge in [-0.05, 0) is 63.1 Å². The van der Waals surface area contributed by atoms with E-state index in [-0.39, 0.29) is 11.5 Å². The fourth-order valence-electron chi connectivity index (χ4n) is 2.91. The van der Waals surface area contributed by atoms with E-state index in [1.165, 1.54) is 12.1 Å². The molecule has 0 radical (unpaired) electrons. The molecule has 0 fully saturated rings. The molecule has 26 heavy (non-hydrogen) atoms. The zero-order chi connectivity index (χ0) is 19.5. The Kier molecular flexibility index (Phi) is 6.02. The number of carbonyl (C=O) groups is 1. The average molecular weight is 379 g/mol. The van der Waals surface area contributed by atoms with Crippen LogP contribution >= 0.6 is 0 Å². The summed E-state index contributed by atoms with van der Waals surface area (Å²) in [6.07, 6.45) is 0. The summed E-state index contributed by atoms with van der Waals surface area (Å²) >= 11 is 0. The number of esters is 1. The highest BCUT2D eigenvalue weighted by atomic mass is 32.2. The first-order valence-electron chi connectivity index (χ1n) is 8.18. The van der Waals surface area contributed by atoms with Crippen LogP contribution in [0.15, 0.2) is 41.3 Å². The first-order valence-corrected chi connectivity index (χ1v) is 9.62. The number of nitrogens with zero attached hydrogens (tertiary/aromatic N) is 1. The Bertz CT molecular complexity index is 885. The number of aryl methyl sites for hydroxylation is 3. The van der Waals surface area contributed by atoms with E-state index in [4.69, 9.17) is 4.74 Å². The van der Waals surface area contributed by atoms with Crippen molar-refractivity contribution >= 4 is 21.7 Å². The molecule has 140 valence electrons. The lowest BCUT2D eigenvalue weighted by Crippen LogP contribution is -2.37. The van der Waals surface area contributed by atoms with Gasteiger partial charge in [-0.2, -0.15) is 0 Å². The van der Waals surface area contributed by atoms with Crippen LogP contribution in [0.1, 0.15) is 23.6 Å². The number of sulfonamides is 1. The summed E-state index contributed by atoms with van der Waals surface area (Å²) in [4.78, 5) is 12.0. The molecule has 2 aromatic carbocycles. The van der Waals surface area contributed by atoms with Gasteiger partial charge in [-0.3, -0.25) is 9.10 Å². The number of hydrogen-bond acceptors (Lipinski definition) is 4. The number of carbonyl (C=O) groups excluding carboxylic acids is 1. The lowest BCUT2D eigenvalue weighted by molar-refractivity contribution is -0.141. The van der Waals surface area contributed by atoms with Crippen molar-refractivity contribution in [2.24, 2.45) is 0 Å². The molecule has 2 rings (SSSR count). The summed E-state index contributed by atoms with van der Waals surface area (Å²) in [5, 5.41) is 0. The van der Waals surface area contributed by atoms with Crippen molar-refractivity contribution in [3.8, 4) is 0 Å². The minimum atomic E-state index is -4.08. The van der Waals surface area contributed by atoms with Crippen molar-refractivity contribution in [3.05, 3.63) is 58.9 Å². The molecule has 5 nitrogen and oxygen atoms in total. The molecule has 0 heterocycles. The van der Waals surface area contributed by atoms with Gasteiger partial charge >= 0.3 is 5.97 Å². The van der Waals surface area contributed by atoms with Gasteiger partial charge < -0.3 is 4.74 Å². The Hall–Kier alpha value is -2.41. The van der Waals surface area contributed by atoms with E-state index < -0.39 is 28.4 Å². The number of anilines is 1. The Labute approximate surface area is 153 Å². The molecule has 0 amide bonds. The SMILES string of the molecule is CCOC(=O)CN(c1c(C)cc(C)cc1C)S(=O)(=O)c1ccc(F)cc1. The normalized spacial score (nSPS) is 11.3. The van der Waals surface area contributed by atoms with E-state index in [0.717, 1.165) is 33.1 Å². The molecule has 0 N–H and O–H groups in total. The van der Waals surface area contributed by atoms with E-state index in [2.05, 4.69) is 0 Å². The molecule has 0 spiro atoms. The number of rotatable bonds is 6. The zero-order valence-electron chi connectivity index (χ0n) is 15.2. The fourth-order valence-corrected chi connectivity index (χ4v) is 4.45. The fraction of sp³-hybridized carbons (Fsp3) is 0.316. The maximum Gasteiger partial charge on any atom is 0.326 e. The molecule has 0 unspecified atom stereocenters. The quantitative estimate of drug-likeness (QED) is 0.721. The van der Waals surface area contributed by atoms with Gasteiger partial charge in [0, 0.05) is 0 Å². The van der Waals surface area contributed by atoms with Gasteiger partial charge in [0.15, 0.2) is 0 Å². The first kappa shape index (κ1) is 19.9. The van der Waals surface area contributed by atoms with Crippen LogP contribution in [0, 0.1) is 26.6 Å². The average Bonchev–Trinajstić information content (AvgIpc) is 2.53. The molecule has 0 saturated carbocycles. The molecule has 0 saturated heterocycles. The summed E-state index contributed by atoms with van der Waals surface area (Å²) in [6, 6.07) is 8.21. The van der Waals surface area contributed by atoms with Gasteiger partial charge in [-0.25, -0.2) is 12.8 Å². The van der Waals surface area contributed by atoms with Crippen LogP contribution in [0.25, 0.3) is 0 Å². The monoisotopic (exact) mass is 379 g/mol. The van der Waals surface area contributed by atoms with Crippen LogP contribution in [0.2, 0.25) is 0 Å². The molecule has 7 heteroatoms. The Morgan fingerprint density at radius 3 is 2.12 bits per heavy atom. The Morgan fingerprint density at radius 1 is 1.08 bits per heavy atom. The minimum absolute atomic E-state index is 0.0948. The van der Waals surface area contributed by atoms with Gasteiger partial charge in [0.05, 0.1) is 17.2 Å². The maximum absolute atomic E-state index is 13.2. The van der Waals surface area contributed by atoms with Crippen LogP contribution < -0.4 is 4.31 Å². The Morgan fingerprint density at radius 2 is 1.62 bits per heavy atom. The molecule has 0 aliphatic carbocycles. The second-order valence-corrected chi connectivity index (χ2v) is 7.88. The predicted octanol–water partition coefficient (Wildman–Crippen LogP) is 3.51. The molecule has 0 aromatic heterocycles. The third-order valence-electron chi connectivity index (χ3n) is 3.86. The Balaban J connectivity index is 2.61. The summed E-state index contributed by atoms with van der Waals surface area (Å²) < 4.78 is 45.5. The molecular weight excluding hydrogens is 357 g/mol. The lowest BCUT2D eigenvalue weighted by Gasteiger charge is -2.27. The van der Waals surface area contributed by atoms with Crippen LogP contribution in [0.4, 0.5) is 10.1 Å². The highest BCUT2D eigenvalue weighted by molar-refractivity contribution is 7.92.